The van der Waals surface area contributed by atoms with Crippen LogP contribution in [0.15, 0.2) is 23.9 Å². The number of hydrogen-bond donors (Lipinski definition) is 8. The van der Waals surface area contributed by atoms with Gasteiger partial charge in [0.05, 0.1) is 47.7 Å². The van der Waals surface area contributed by atoms with E-state index in [1.165, 1.54) is 20.1 Å². The number of rotatable bonds is 6. The Bertz CT molecular complexity index is 1900. The Labute approximate surface area is 277 Å². The minimum atomic E-state index is -3.30. The summed E-state index contributed by atoms with van der Waals surface area (Å²) in [5, 5.41) is 79.5. The minimum absolute atomic E-state index is 0.0205. The average molecular weight is 684 g/mol. The van der Waals surface area contributed by atoms with Crippen molar-refractivity contribution in [1.82, 2.24) is 5.32 Å². The highest BCUT2D eigenvalue weighted by Crippen LogP contribution is 2.56. The second-order valence-electron chi connectivity index (χ2n) is 12.5. The van der Waals surface area contributed by atoms with Crippen LogP contribution < -0.4 is 5.32 Å². The van der Waals surface area contributed by atoms with Crippen molar-refractivity contribution < 1.29 is 73.9 Å². The van der Waals surface area contributed by atoms with Gasteiger partial charge in [-0.15, -0.1) is 0 Å². The number of phenolic OH excluding ortho intramolecular Hbond substituents is 1. The lowest BCUT2D eigenvalue weighted by atomic mass is 9.56. The lowest BCUT2D eigenvalue weighted by Crippen LogP contribution is -2.73. The molecule has 8 N–H and O–H groups in total. The molecule has 3 aliphatic carbocycles. The standard InChI is InChI=1S/C33H33NO15/c1-10-5-12-6-18(37)33(48-4)29(43)21-14(28(42)32(33,46)22(12)26(41)19(10)31(44)45)7-13-20(25(21)40)17(36)8-16(23(13)38)34-30-15(9-35)24(39)27(47-3)11(2)49-30/h5,7-8,11,15,18,24,27,30,34-35,37,39-41,46H,6,9H2,1-4H3,(H,44,45)/t11-,15+,18+,24-,27-,30?,32-,33+/m0/s1. The third kappa shape index (κ3) is 4.32. The number of Topliss-reactive ketones (excluding diaryl/α,β-unsaturated/α-hetero) is 3. The molecule has 1 aliphatic heterocycles. The fourth-order valence-electron chi connectivity index (χ4n) is 7.80. The fraction of sp³-hybridized carbons (Fsp3) is 0.424. The van der Waals surface area contributed by atoms with Gasteiger partial charge in [-0.1, -0.05) is 6.07 Å². The summed E-state index contributed by atoms with van der Waals surface area (Å²) in [7, 11) is 2.22. The molecule has 0 spiro atoms. The van der Waals surface area contributed by atoms with Crippen LogP contribution in [0.5, 0.6) is 11.5 Å². The topological polar surface area (TPSA) is 267 Å². The summed E-state index contributed by atoms with van der Waals surface area (Å²) in [4.78, 5) is 68.2. The van der Waals surface area contributed by atoms with Crippen LogP contribution >= 0.6 is 0 Å². The summed E-state index contributed by atoms with van der Waals surface area (Å²) in [6, 6.07) is 2.02. The van der Waals surface area contributed by atoms with Crippen molar-refractivity contribution in [3.05, 3.63) is 68.4 Å². The molecule has 0 saturated carbocycles. The Morgan fingerprint density at radius 1 is 1.04 bits per heavy atom. The molecular weight excluding hydrogens is 650 g/mol. The third-order valence-corrected chi connectivity index (χ3v) is 10.1. The van der Waals surface area contributed by atoms with Crippen molar-refractivity contribution in [2.45, 2.75) is 62.1 Å². The Kier molecular flexibility index (Phi) is 8.07. The van der Waals surface area contributed by atoms with E-state index >= 15 is 0 Å². The van der Waals surface area contributed by atoms with Gasteiger partial charge in [-0.3, -0.25) is 19.2 Å². The molecule has 1 fully saturated rings. The SMILES string of the molecule is CO[C@@H]1[C@@H](O)[C@@H](CO)C(NC2=CC(=O)c3c(cc4c(c3O)C(=O)[C@]3(OC)[C@H](O)Cc5cc(C)c(C(=O)O)c(O)c5[C@]3(O)C4=O)C2=O)O[C@H]1C. The summed E-state index contributed by atoms with van der Waals surface area (Å²) in [5.74, 6) is -9.68. The van der Waals surface area contributed by atoms with Gasteiger partial charge >= 0.3 is 5.97 Å². The number of carboxylic acids is 1. The van der Waals surface area contributed by atoms with Crippen molar-refractivity contribution in [1.29, 1.82) is 0 Å². The van der Waals surface area contributed by atoms with Gasteiger partial charge in [0, 0.05) is 43.4 Å². The van der Waals surface area contributed by atoms with Gasteiger partial charge in [0.15, 0.2) is 17.0 Å². The second-order valence-corrected chi connectivity index (χ2v) is 12.5. The normalized spacial score (nSPS) is 32.1. The van der Waals surface area contributed by atoms with E-state index in [4.69, 9.17) is 14.2 Å². The number of aliphatic hydroxyl groups is 4. The summed E-state index contributed by atoms with van der Waals surface area (Å²) < 4.78 is 16.5. The van der Waals surface area contributed by atoms with Gasteiger partial charge < -0.3 is 55.3 Å². The molecule has 49 heavy (non-hydrogen) atoms. The monoisotopic (exact) mass is 683 g/mol. The number of phenols is 2. The lowest BCUT2D eigenvalue weighted by Gasteiger charge is -2.52. The van der Waals surface area contributed by atoms with E-state index in [9.17, 15) is 59.7 Å². The van der Waals surface area contributed by atoms with Crippen LogP contribution in [0.1, 0.15) is 75.4 Å². The Morgan fingerprint density at radius 3 is 2.31 bits per heavy atom. The highest BCUT2D eigenvalue weighted by Gasteiger charge is 2.72. The molecular formula is C33H33NO15. The summed E-state index contributed by atoms with van der Waals surface area (Å²) >= 11 is 0. The van der Waals surface area contributed by atoms with Crippen molar-refractivity contribution in [2.24, 2.45) is 5.92 Å². The number of aryl methyl sites for hydroxylation is 1. The zero-order valence-electron chi connectivity index (χ0n) is 26.5. The van der Waals surface area contributed by atoms with Gasteiger partial charge in [0.2, 0.25) is 17.3 Å². The van der Waals surface area contributed by atoms with Crippen LogP contribution in [0.2, 0.25) is 0 Å². The maximum atomic E-state index is 14.5. The van der Waals surface area contributed by atoms with Gasteiger partial charge in [0.1, 0.15) is 29.4 Å². The van der Waals surface area contributed by atoms with Gasteiger partial charge in [-0.2, -0.15) is 0 Å². The molecule has 16 nitrogen and oxygen atoms in total. The number of aliphatic hydroxyl groups excluding tert-OH is 3. The van der Waals surface area contributed by atoms with E-state index in [2.05, 4.69) is 5.32 Å². The first-order chi connectivity index (χ1) is 23.0. The predicted molar refractivity (Wildman–Crippen MR) is 162 cm³/mol. The first-order valence-electron chi connectivity index (χ1n) is 15.1. The molecule has 1 saturated heterocycles. The third-order valence-electron chi connectivity index (χ3n) is 10.1. The number of ether oxygens (including phenoxy) is 3. The fourth-order valence-corrected chi connectivity index (χ4v) is 7.80. The summed E-state index contributed by atoms with van der Waals surface area (Å²) in [6.45, 7) is 2.30. The number of nitrogens with one attached hydrogen (secondary N) is 1. The largest absolute Gasteiger partial charge is 0.507 e. The quantitative estimate of drug-likeness (QED) is 0.186. The maximum absolute atomic E-state index is 14.5. The molecule has 6 rings (SSSR count). The van der Waals surface area contributed by atoms with Crippen LogP contribution in [-0.2, 0) is 26.2 Å². The number of benzene rings is 2. The van der Waals surface area contributed by atoms with Crippen molar-refractivity contribution in [2.75, 3.05) is 20.8 Å². The highest BCUT2D eigenvalue weighted by molar-refractivity contribution is 6.30. The number of carbonyl (C=O) groups excluding carboxylic acids is 4. The van der Waals surface area contributed by atoms with Crippen molar-refractivity contribution in [3.63, 3.8) is 0 Å². The van der Waals surface area contributed by atoms with E-state index in [-0.39, 0.29) is 11.1 Å². The molecule has 0 bridgehead atoms. The van der Waals surface area contributed by atoms with Crippen LogP contribution in [0.4, 0.5) is 0 Å². The Balaban J connectivity index is 1.51. The molecule has 0 aromatic heterocycles. The zero-order valence-corrected chi connectivity index (χ0v) is 26.5. The minimum Gasteiger partial charge on any atom is -0.507 e. The molecule has 4 aliphatic rings. The molecule has 8 atom stereocenters. The van der Waals surface area contributed by atoms with Crippen LogP contribution in [0.3, 0.4) is 0 Å². The lowest BCUT2D eigenvalue weighted by molar-refractivity contribution is -0.214. The average Bonchev–Trinajstić information content (AvgIpc) is 3.02. The molecule has 1 unspecified atom stereocenters. The number of hydrogen-bond acceptors (Lipinski definition) is 15. The predicted octanol–water partition coefficient (Wildman–Crippen LogP) is -0.745. The Morgan fingerprint density at radius 2 is 1.71 bits per heavy atom. The number of carboxylic acid groups (broad SMARTS) is 1. The van der Waals surface area contributed by atoms with Crippen molar-refractivity contribution >= 4 is 29.1 Å². The smallest absolute Gasteiger partial charge is 0.339 e. The van der Waals surface area contributed by atoms with E-state index in [1.54, 1.807) is 6.92 Å². The number of ketones is 4. The Hall–Kier alpha value is -4.55. The van der Waals surface area contributed by atoms with Crippen LogP contribution in [0.25, 0.3) is 0 Å². The first-order valence-corrected chi connectivity index (χ1v) is 15.1. The number of carbonyl (C=O) groups is 5. The van der Waals surface area contributed by atoms with E-state index in [1.807, 2.05) is 0 Å². The molecule has 16 heteroatoms. The number of aromatic carboxylic acids is 1. The van der Waals surface area contributed by atoms with Gasteiger partial charge in [0.25, 0.3) is 0 Å². The van der Waals surface area contributed by atoms with Crippen LogP contribution in [-0.4, -0.2) is 122 Å². The summed E-state index contributed by atoms with van der Waals surface area (Å²) in [5.41, 5.74) is -11.0. The van der Waals surface area contributed by atoms with Gasteiger partial charge in [-0.05, 0) is 31.0 Å². The molecule has 260 valence electrons. The van der Waals surface area contributed by atoms with E-state index in [0.29, 0.717) is 0 Å². The molecule has 2 aromatic carbocycles. The molecule has 0 radical (unpaired) electrons. The van der Waals surface area contributed by atoms with Gasteiger partial charge in [-0.25, -0.2) is 4.79 Å². The first kappa shape index (κ1) is 34.3. The highest BCUT2D eigenvalue weighted by atomic mass is 16.6. The maximum Gasteiger partial charge on any atom is 0.339 e. The summed E-state index contributed by atoms with van der Waals surface area (Å²) in [6.07, 6.45) is -5.75. The van der Waals surface area contributed by atoms with E-state index < -0.39 is 140 Å². The number of methoxy groups -OCH3 is 2. The molecule has 1 heterocycles. The molecule has 2 aromatic rings. The molecule has 0 amide bonds. The van der Waals surface area contributed by atoms with Crippen LogP contribution in [0, 0.1) is 12.8 Å². The number of aromatic hydroxyl groups is 2. The number of fused-ring (bicyclic) bond motifs is 5. The van der Waals surface area contributed by atoms with Crippen molar-refractivity contribution in [3.8, 4) is 11.5 Å². The van der Waals surface area contributed by atoms with E-state index in [0.717, 1.165) is 19.3 Å². The zero-order chi connectivity index (χ0) is 36.1. The number of allylic oxidation sites excluding steroid dienone is 2. The second kappa shape index (κ2) is 11.5.